The number of hydrogen-bond donors (Lipinski definition) is 1. The third-order valence-corrected chi connectivity index (χ3v) is 10.7. The number of rotatable bonds is 5. The van der Waals surface area contributed by atoms with Crippen molar-refractivity contribution in [1.29, 1.82) is 0 Å². The molecule has 1 unspecified atom stereocenters. The monoisotopic (exact) mass is 389 g/mol. The number of ketones is 1. The van der Waals surface area contributed by atoms with E-state index in [9.17, 15) is 9.59 Å². The van der Waals surface area contributed by atoms with Crippen LogP contribution in [0.1, 0.15) is 52.0 Å². The molecule has 2 aliphatic heterocycles. The molecule has 0 radical (unpaired) electrons. The molecule has 0 aliphatic carbocycles. The molecule has 0 bridgehead atoms. The summed E-state index contributed by atoms with van der Waals surface area (Å²) in [4.78, 5) is 25.1. The van der Waals surface area contributed by atoms with E-state index in [2.05, 4.69) is 39.2 Å². The summed E-state index contributed by atoms with van der Waals surface area (Å²) < 4.78 is 12.5. The number of ether oxygens (including phenoxy) is 1. The van der Waals surface area contributed by atoms with E-state index in [1.165, 1.54) is 0 Å². The van der Waals surface area contributed by atoms with Gasteiger partial charge < -0.3 is 14.5 Å². The summed E-state index contributed by atoms with van der Waals surface area (Å²) in [6.07, 6.45) is 1.79. The van der Waals surface area contributed by atoms with Crippen LogP contribution in [-0.4, -0.2) is 32.7 Å². The summed E-state index contributed by atoms with van der Waals surface area (Å²) in [5.74, 6) is -0.136. The molecule has 1 amide bonds. The lowest BCUT2D eigenvalue weighted by atomic mass is 9.84. The highest BCUT2D eigenvalue weighted by atomic mass is 28.4. The summed E-state index contributed by atoms with van der Waals surface area (Å²) in [5, 5.41) is 3.05. The molecule has 2 heterocycles. The van der Waals surface area contributed by atoms with E-state index < -0.39 is 13.9 Å². The summed E-state index contributed by atoms with van der Waals surface area (Å²) in [6, 6.07) is 7.49. The minimum Gasteiger partial charge on any atom is -0.417 e. The van der Waals surface area contributed by atoms with Gasteiger partial charge in [-0.3, -0.25) is 9.59 Å². The van der Waals surface area contributed by atoms with E-state index >= 15 is 0 Å². The van der Waals surface area contributed by atoms with E-state index in [-0.39, 0.29) is 29.3 Å². The van der Waals surface area contributed by atoms with Gasteiger partial charge >= 0.3 is 0 Å². The van der Waals surface area contributed by atoms with Crippen molar-refractivity contribution in [2.75, 3.05) is 11.9 Å². The molecule has 148 valence electrons. The fraction of sp³-hybridized carbons (Fsp3) is 0.619. The van der Waals surface area contributed by atoms with Gasteiger partial charge in [0.15, 0.2) is 13.9 Å². The molecule has 0 aromatic heterocycles. The Labute approximate surface area is 162 Å². The Morgan fingerprint density at radius 3 is 2.67 bits per heavy atom. The van der Waals surface area contributed by atoms with Crippen LogP contribution < -0.4 is 5.32 Å². The zero-order chi connectivity index (χ0) is 19.9. The van der Waals surface area contributed by atoms with Gasteiger partial charge in [0.2, 0.25) is 0 Å². The maximum atomic E-state index is 12.7. The van der Waals surface area contributed by atoms with E-state index in [1.807, 2.05) is 24.3 Å². The number of para-hydroxylation sites is 1. The Morgan fingerprint density at radius 2 is 1.96 bits per heavy atom. The van der Waals surface area contributed by atoms with E-state index in [1.54, 1.807) is 0 Å². The largest absolute Gasteiger partial charge is 0.417 e. The van der Waals surface area contributed by atoms with Crippen LogP contribution in [-0.2, 0) is 24.4 Å². The average molecular weight is 390 g/mol. The lowest BCUT2D eigenvalue weighted by Crippen LogP contribution is -2.47. The quantitative estimate of drug-likeness (QED) is 0.599. The molecule has 1 N–H and O–H groups in total. The number of anilines is 1. The van der Waals surface area contributed by atoms with Crippen molar-refractivity contribution in [3.63, 3.8) is 0 Å². The van der Waals surface area contributed by atoms with E-state index in [4.69, 9.17) is 9.16 Å². The highest BCUT2D eigenvalue weighted by molar-refractivity contribution is 6.74. The predicted octanol–water partition coefficient (Wildman–Crippen LogP) is 4.38. The van der Waals surface area contributed by atoms with E-state index in [0.717, 1.165) is 24.1 Å². The van der Waals surface area contributed by atoms with Crippen molar-refractivity contribution in [3.8, 4) is 0 Å². The zero-order valence-electron chi connectivity index (χ0n) is 17.1. The molecule has 1 aromatic rings. The second kappa shape index (κ2) is 7.15. The molecule has 1 spiro atoms. The Bertz CT molecular complexity index is 740. The number of fused-ring (bicyclic) bond motifs is 2. The number of amides is 1. The highest BCUT2D eigenvalue weighted by Crippen LogP contribution is 2.45. The fourth-order valence-electron chi connectivity index (χ4n) is 3.57. The first-order valence-corrected chi connectivity index (χ1v) is 12.7. The topological polar surface area (TPSA) is 64.6 Å². The average Bonchev–Trinajstić information content (AvgIpc) is 2.82. The number of nitrogens with one attached hydrogen (secondary N) is 1. The molecule has 1 aromatic carbocycles. The first-order valence-electron chi connectivity index (χ1n) is 9.80. The van der Waals surface area contributed by atoms with Crippen molar-refractivity contribution in [1.82, 2.24) is 0 Å². The Hall–Kier alpha value is -1.50. The molecule has 6 heteroatoms. The van der Waals surface area contributed by atoms with Gasteiger partial charge in [-0.05, 0) is 37.0 Å². The van der Waals surface area contributed by atoms with Gasteiger partial charge in [0.1, 0.15) is 5.78 Å². The molecule has 2 aliphatic rings. The number of carbonyl (C=O) groups is 2. The summed E-state index contributed by atoms with van der Waals surface area (Å²) in [6.45, 7) is 11.8. The highest BCUT2D eigenvalue weighted by Gasteiger charge is 2.53. The van der Waals surface area contributed by atoms with Crippen LogP contribution in [0.2, 0.25) is 18.1 Å². The molecule has 1 fully saturated rings. The second-order valence-electron chi connectivity index (χ2n) is 9.24. The second-order valence-corrected chi connectivity index (χ2v) is 14.0. The minimum atomic E-state index is -1.77. The first kappa shape index (κ1) is 20.2. The number of hydrogen-bond acceptors (Lipinski definition) is 4. The Kier molecular flexibility index (Phi) is 5.36. The molecule has 0 saturated carbocycles. The van der Waals surface area contributed by atoms with Crippen molar-refractivity contribution in [2.24, 2.45) is 0 Å². The number of Topliss-reactive ketones (excluding diaryl/α,β-unsaturated/α-hetero) is 1. The van der Waals surface area contributed by atoms with E-state index in [0.29, 0.717) is 13.0 Å². The van der Waals surface area contributed by atoms with Crippen LogP contribution in [0.3, 0.4) is 0 Å². The van der Waals surface area contributed by atoms with Gasteiger partial charge in [-0.25, -0.2) is 0 Å². The third-order valence-electron chi connectivity index (χ3n) is 6.19. The maximum absolute atomic E-state index is 12.7. The van der Waals surface area contributed by atoms with Gasteiger partial charge in [-0.2, -0.15) is 0 Å². The number of benzene rings is 1. The summed E-state index contributed by atoms with van der Waals surface area (Å²) >= 11 is 0. The third kappa shape index (κ3) is 3.88. The standard InChI is InChI=1S/C21H31NO4Si/c1-20(2,3)27(4,5)25-12-8-9-16-13-15(23)14-21(26-16)17-10-6-7-11-18(17)22-19(21)24/h6-7,10-11,16H,8-9,12-14H2,1-5H3,(H,22,24)/t16-,21?/m1/s1. The SMILES string of the molecule is CC(C)(C)[Si](C)(C)OCCC[C@@H]1CC(=O)CC2(O1)C(=O)Nc1ccccc12. The Morgan fingerprint density at radius 1 is 1.26 bits per heavy atom. The van der Waals surface area contributed by atoms with Gasteiger partial charge in [0, 0.05) is 30.7 Å². The molecular formula is C21H31NO4Si. The van der Waals surface area contributed by atoms with Crippen LogP contribution in [0, 0.1) is 0 Å². The molecule has 1 saturated heterocycles. The summed E-state index contributed by atoms with van der Waals surface area (Å²) in [7, 11) is -1.77. The molecular weight excluding hydrogens is 358 g/mol. The summed E-state index contributed by atoms with van der Waals surface area (Å²) in [5.41, 5.74) is 0.374. The first-order chi connectivity index (χ1) is 12.6. The Balaban J connectivity index is 1.64. The fourth-order valence-corrected chi connectivity index (χ4v) is 4.66. The molecule has 3 rings (SSSR count). The minimum absolute atomic E-state index is 0.0865. The van der Waals surface area contributed by atoms with Gasteiger partial charge in [0.25, 0.3) is 5.91 Å². The predicted molar refractivity (Wildman–Crippen MR) is 108 cm³/mol. The normalized spacial score (nSPS) is 25.6. The van der Waals surface area contributed by atoms with Crippen LogP contribution in [0.4, 0.5) is 5.69 Å². The van der Waals surface area contributed by atoms with Crippen LogP contribution in [0.25, 0.3) is 0 Å². The zero-order valence-corrected chi connectivity index (χ0v) is 18.1. The number of carbonyl (C=O) groups excluding carboxylic acids is 2. The molecule has 2 atom stereocenters. The lowest BCUT2D eigenvalue weighted by Gasteiger charge is -2.37. The van der Waals surface area contributed by atoms with Crippen LogP contribution >= 0.6 is 0 Å². The lowest BCUT2D eigenvalue weighted by molar-refractivity contribution is -0.170. The molecule has 5 nitrogen and oxygen atoms in total. The van der Waals surface area contributed by atoms with Gasteiger partial charge in [-0.1, -0.05) is 39.0 Å². The van der Waals surface area contributed by atoms with Crippen LogP contribution in [0.5, 0.6) is 0 Å². The van der Waals surface area contributed by atoms with Crippen LogP contribution in [0.15, 0.2) is 24.3 Å². The molecule has 27 heavy (non-hydrogen) atoms. The van der Waals surface area contributed by atoms with Crippen molar-refractivity contribution in [3.05, 3.63) is 29.8 Å². The smallest absolute Gasteiger partial charge is 0.261 e. The van der Waals surface area contributed by atoms with Crippen molar-refractivity contribution < 1.29 is 18.8 Å². The van der Waals surface area contributed by atoms with Gasteiger partial charge in [0.05, 0.1) is 6.10 Å². The van der Waals surface area contributed by atoms with Gasteiger partial charge in [-0.15, -0.1) is 0 Å². The maximum Gasteiger partial charge on any atom is 0.261 e. The van der Waals surface area contributed by atoms with Crippen molar-refractivity contribution >= 4 is 25.7 Å². The van der Waals surface area contributed by atoms with Crippen molar-refractivity contribution in [2.45, 2.75) is 76.3 Å².